The van der Waals surface area contributed by atoms with Crippen molar-refractivity contribution in [3.63, 3.8) is 0 Å². The summed E-state index contributed by atoms with van der Waals surface area (Å²) in [6, 6.07) is 3.24. The Morgan fingerprint density at radius 2 is 1.95 bits per heavy atom. The highest BCUT2D eigenvalue weighted by Crippen LogP contribution is 2.29. The Hall–Kier alpha value is -2.76. The lowest BCUT2D eigenvalue weighted by molar-refractivity contribution is 0.0697. The molecule has 20 heavy (non-hydrogen) atoms. The molecule has 1 N–H and O–H groups in total. The van der Waals surface area contributed by atoms with Gasteiger partial charge >= 0.3 is 5.97 Å². The van der Waals surface area contributed by atoms with Crippen molar-refractivity contribution < 1.29 is 9.90 Å². The van der Waals surface area contributed by atoms with E-state index < -0.39 is 5.97 Å². The van der Waals surface area contributed by atoms with E-state index in [4.69, 9.17) is 0 Å². The quantitative estimate of drug-likeness (QED) is 0.769. The summed E-state index contributed by atoms with van der Waals surface area (Å²) >= 11 is 0. The van der Waals surface area contributed by atoms with Gasteiger partial charge in [0.2, 0.25) is 0 Å². The van der Waals surface area contributed by atoms with E-state index in [0.717, 1.165) is 28.0 Å². The average molecular weight is 268 g/mol. The van der Waals surface area contributed by atoms with Gasteiger partial charge in [-0.3, -0.25) is 0 Å². The first kappa shape index (κ1) is 12.3. The van der Waals surface area contributed by atoms with E-state index in [1.807, 2.05) is 18.5 Å². The molecule has 6 heteroatoms. The van der Waals surface area contributed by atoms with Crippen LogP contribution in [0.2, 0.25) is 0 Å². The lowest BCUT2D eigenvalue weighted by atomic mass is 10.0. The average Bonchev–Trinajstić information content (AvgIpc) is 2.74. The van der Waals surface area contributed by atoms with Crippen molar-refractivity contribution in [3.8, 4) is 11.1 Å². The molecular formula is C14H12N4O2. The minimum Gasteiger partial charge on any atom is -0.478 e. The number of carboxylic acids is 1. The highest BCUT2D eigenvalue weighted by molar-refractivity contribution is 5.99. The van der Waals surface area contributed by atoms with E-state index in [0.29, 0.717) is 0 Å². The molecule has 2 aromatic heterocycles. The van der Waals surface area contributed by atoms with Crippen molar-refractivity contribution >= 4 is 17.0 Å². The predicted octanol–water partition coefficient (Wildman–Crippen LogP) is 2.04. The Kier molecular flexibility index (Phi) is 2.71. The maximum absolute atomic E-state index is 11.3. The van der Waals surface area contributed by atoms with Crippen LogP contribution >= 0.6 is 0 Å². The summed E-state index contributed by atoms with van der Waals surface area (Å²) in [5, 5.41) is 9.25. The first-order chi connectivity index (χ1) is 9.58. The molecule has 0 aliphatic rings. The monoisotopic (exact) mass is 268 g/mol. The molecule has 0 atom stereocenters. The maximum Gasteiger partial charge on any atom is 0.335 e. The molecule has 0 saturated heterocycles. The number of aromatic nitrogens is 4. The van der Waals surface area contributed by atoms with E-state index in [1.54, 1.807) is 24.5 Å². The van der Waals surface area contributed by atoms with E-state index in [2.05, 4.69) is 15.0 Å². The third-order valence-corrected chi connectivity index (χ3v) is 3.33. The molecule has 0 bridgehead atoms. The Morgan fingerprint density at radius 3 is 2.60 bits per heavy atom. The molecule has 0 amide bonds. The number of nitrogens with zero attached hydrogens (tertiary/aromatic N) is 4. The zero-order chi connectivity index (χ0) is 14.3. The number of carbonyl (C=O) groups is 1. The van der Waals surface area contributed by atoms with Crippen LogP contribution in [0.1, 0.15) is 16.2 Å². The maximum atomic E-state index is 11.3. The second-order valence-electron chi connectivity index (χ2n) is 4.54. The standard InChI is InChI=1S/C14H12N4O2/c1-8-17-13-11(10-5-15-7-16-6-10)3-9(14(19)20)4-12(13)18(8)2/h3-7H,1-2H3,(H,19,20). The summed E-state index contributed by atoms with van der Waals surface area (Å²) < 4.78 is 1.87. The molecule has 3 rings (SSSR count). The number of fused-ring (bicyclic) bond motifs is 1. The van der Waals surface area contributed by atoms with Gasteiger partial charge in [-0.15, -0.1) is 0 Å². The van der Waals surface area contributed by atoms with Gasteiger partial charge in [-0.05, 0) is 19.1 Å². The van der Waals surface area contributed by atoms with E-state index >= 15 is 0 Å². The van der Waals surface area contributed by atoms with Gasteiger partial charge in [0.25, 0.3) is 0 Å². The topological polar surface area (TPSA) is 80.9 Å². The van der Waals surface area contributed by atoms with Gasteiger partial charge in [-0.1, -0.05) is 0 Å². The number of carboxylic acid groups (broad SMARTS) is 1. The first-order valence-electron chi connectivity index (χ1n) is 6.03. The van der Waals surface area contributed by atoms with E-state index in [9.17, 15) is 9.90 Å². The molecule has 3 aromatic rings. The summed E-state index contributed by atoms with van der Waals surface area (Å²) in [6.07, 6.45) is 4.74. The van der Waals surface area contributed by atoms with Gasteiger partial charge in [-0.25, -0.2) is 19.7 Å². The van der Waals surface area contributed by atoms with Gasteiger partial charge in [0.1, 0.15) is 12.2 Å². The number of hydrogen-bond donors (Lipinski definition) is 1. The summed E-state index contributed by atoms with van der Waals surface area (Å²) in [4.78, 5) is 23.7. The normalized spacial score (nSPS) is 10.9. The van der Waals surface area contributed by atoms with Crippen LogP contribution < -0.4 is 0 Å². The molecule has 100 valence electrons. The molecule has 1 aromatic carbocycles. The number of aryl methyl sites for hydroxylation is 2. The van der Waals surface area contributed by atoms with Crippen LogP contribution in [0.4, 0.5) is 0 Å². The Bertz CT molecular complexity index is 809. The number of benzene rings is 1. The zero-order valence-corrected chi connectivity index (χ0v) is 11.0. The summed E-state index contributed by atoms with van der Waals surface area (Å²) in [7, 11) is 1.86. The second kappa shape index (κ2) is 4.41. The number of rotatable bonds is 2. The van der Waals surface area contributed by atoms with Crippen LogP contribution in [0, 0.1) is 6.92 Å². The van der Waals surface area contributed by atoms with Crippen molar-refractivity contribution in [1.82, 2.24) is 19.5 Å². The van der Waals surface area contributed by atoms with Crippen molar-refractivity contribution in [2.75, 3.05) is 0 Å². The third-order valence-electron chi connectivity index (χ3n) is 3.33. The van der Waals surface area contributed by atoms with Gasteiger partial charge < -0.3 is 9.67 Å². The van der Waals surface area contributed by atoms with Crippen LogP contribution in [0.3, 0.4) is 0 Å². The van der Waals surface area contributed by atoms with Gasteiger partial charge in [-0.2, -0.15) is 0 Å². The molecule has 2 heterocycles. The number of aromatic carboxylic acids is 1. The largest absolute Gasteiger partial charge is 0.478 e. The molecule has 0 fully saturated rings. The fourth-order valence-corrected chi connectivity index (χ4v) is 2.19. The van der Waals surface area contributed by atoms with Crippen molar-refractivity contribution in [1.29, 1.82) is 0 Å². The molecule has 0 aliphatic carbocycles. The Labute approximate surface area is 114 Å². The highest BCUT2D eigenvalue weighted by Gasteiger charge is 2.15. The van der Waals surface area contributed by atoms with Crippen LogP contribution in [-0.2, 0) is 7.05 Å². The first-order valence-corrected chi connectivity index (χ1v) is 6.03. The molecule has 0 radical (unpaired) electrons. The molecule has 0 saturated carbocycles. The molecular weight excluding hydrogens is 256 g/mol. The van der Waals surface area contributed by atoms with Gasteiger partial charge in [0, 0.05) is 30.6 Å². The predicted molar refractivity (Wildman–Crippen MR) is 73.4 cm³/mol. The van der Waals surface area contributed by atoms with Crippen molar-refractivity contribution in [3.05, 3.63) is 42.2 Å². The van der Waals surface area contributed by atoms with Crippen molar-refractivity contribution in [2.45, 2.75) is 6.92 Å². The lowest BCUT2D eigenvalue weighted by Gasteiger charge is -2.05. The van der Waals surface area contributed by atoms with Crippen LogP contribution in [0.25, 0.3) is 22.2 Å². The van der Waals surface area contributed by atoms with Gasteiger partial charge in [0.15, 0.2) is 0 Å². The minimum atomic E-state index is -0.969. The van der Waals surface area contributed by atoms with Crippen LogP contribution in [0.15, 0.2) is 30.9 Å². The van der Waals surface area contributed by atoms with Gasteiger partial charge in [0.05, 0.1) is 16.6 Å². The molecule has 0 unspecified atom stereocenters. The number of hydrogen-bond acceptors (Lipinski definition) is 4. The number of imidazole rings is 1. The zero-order valence-electron chi connectivity index (χ0n) is 11.0. The second-order valence-corrected chi connectivity index (χ2v) is 4.54. The van der Waals surface area contributed by atoms with E-state index in [-0.39, 0.29) is 5.56 Å². The fourth-order valence-electron chi connectivity index (χ4n) is 2.19. The van der Waals surface area contributed by atoms with E-state index in [1.165, 1.54) is 6.33 Å². The highest BCUT2D eigenvalue weighted by atomic mass is 16.4. The summed E-state index contributed by atoms with van der Waals surface area (Å²) in [5.74, 6) is -0.149. The minimum absolute atomic E-state index is 0.222. The Morgan fingerprint density at radius 1 is 1.25 bits per heavy atom. The Balaban J connectivity index is 2.40. The molecule has 0 aliphatic heterocycles. The molecule has 6 nitrogen and oxygen atoms in total. The van der Waals surface area contributed by atoms with Crippen LogP contribution in [0.5, 0.6) is 0 Å². The summed E-state index contributed by atoms with van der Waals surface area (Å²) in [6.45, 7) is 1.88. The third kappa shape index (κ3) is 1.82. The fraction of sp³-hybridized carbons (Fsp3) is 0.143. The summed E-state index contributed by atoms with van der Waals surface area (Å²) in [5.41, 5.74) is 3.23. The SMILES string of the molecule is Cc1nc2c(-c3cncnc3)cc(C(=O)O)cc2n1C. The van der Waals surface area contributed by atoms with Crippen LogP contribution in [-0.4, -0.2) is 30.6 Å². The molecule has 0 spiro atoms. The lowest BCUT2D eigenvalue weighted by Crippen LogP contribution is -1.99. The van der Waals surface area contributed by atoms with Crippen molar-refractivity contribution in [2.24, 2.45) is 7.05 Å². The smallest absolute Gasteiger partial charge is 0.335 e.